The van der Waals surface area contributed by atoms with E-state index >= 15 is 0 Å². The second-order valence-electron chi connectivity index (χ2n) is 6.78. The summed E-state index contributed by atoms with van der Waals surface area (Å²) in [6.45, 7) is 3.31. The van der Waals surface area contributed by atoms with Crippen LogP contribution in [-0.2, 0) is 6.42 Å². The highest BCUT2D eigenvalue weighted by atomic mass is 32.1. The van der Waals surface area contributed by atoms with Gasteiger partial charge in [-0.3, -0.25) is 0 Å². The lowest BCUT2D eigenvalue weighted by Gasteiger charge is -2.30. The molecule has 0 radical (unpaired) electrons. The lowest BCUT2D eigenvalue weighted by Crippen LogP contribution is -2.40. The van der Waals surface area contributed by atoms with Gasteiger partial charge in [0.2, 0.25) is 0 Å². The number of likely N-dealkylation sites (N-methyl/N-ethyl adjacent to an activating group) is 1. The SMILES string of the molecule is CCNC(Cc1nc2ccccc2s1)C1CC2CCC1C2. The second-order valence-corrected chi connectivity index (χ2v) is 7.90. The summed E-state index contributed by atoms with van der Waals surface area (Å²) in [6.07, 6.45) is 7.01. The monoisotopic (exact) mass is 300 g/mol. The molecular weight excluding hydrogens is 276 g/mol. The van der Waals surface area contributed by atoms with Crippen molar-refractivity contribution in [2.24, 2.45) is 17.8 Å². The van der Waals surface area contributed by atoms with E-state index in [0.29, 0.717) is 6.04 Å². The molecule has 2 aliphatic rings. The molecule has 4 unspecified atom stereocenters. The molecule has 2 aliphatic carbocycles. The third-order valence-electron chi connectivity index (χ3n) is 5.51. The van der Waals surface area contributed by atoms with E-state index in [1.54, 1.807) is 0 Å². The lowest BCUT2D eigenvalue weighted by molar-refractivity contribution is 0.249. The van der Waals surface area contributed by atoms with E-state index in [1.165, 1.54) is 40.9 Å². The highest BCUT2D eigenvalue weighted by Gasteiger charge is 2.42. The molecule has 2 fully saturated rings. The summed E-state index contributed by atoms with van der Waals surface area (Å²) < 4.78 is 1.33. The minimum Gasteiger partial charge on any atom is -0.314 e. The van der Waals surface area contributed by atoms with Crippen molar-refractivity contribution in [1.82, 2.24) is 10.3 Å². The lowest BCUT2D eigenvalue weighted by atomic mass is 9.82. The highest BCUT2D eigenvalue weighted by Crippen LogP contribution is 2.50. The van der Waals surface area contributed by atoms with Gasteiger partial charge in [0.1, 0.15) is 0 Å². The molecule has 0 amide bonds. The summed E-state index contributed by atoms with van der Waals surface area (Å²) >= 11 is 1.88. The van der Waals surface area contributed by atoms with E-state index in [0.717, 1.165) is 30.7 Å². The van der Waals surface area contributed by atoms with Crippen molar-refractivity contribution in [3.8, 4) is 0 Å². The number of aromatic nitrogens is 1. The smallest absolute Gasteiger partial charge is 0.0954 e. The molecular formula is C18H24N2S. The Morgan fingerprint density at radius 2 is 2.19 bits per heavy atom. The zero-order chi connectivity index (χ0) is 14.2. The number of para-hydroxylation sites is 1. The molecule has 112 valence electrons. The Labute approximate surface area is 131 Å². The minimum absolute atomic E-state index is 0.630. The zero-order valence-electron chi connectivity index (χ0n) is 12.7. The van der Waals surface area contributed by atoms with Gasteiger partial charge >= 0.3 is 0 Å². The molecule has 1 aromatic carbocycles. The Morgan fingerprint density at radius 1 is 1.29 bits per heavy atom. The van der Waals surface area contributed by atoms with Crippen molar-refractivity contribution < 1.29 is 0 Å². The van der Waals surface area contributed by atoms with Crippen molar-refractivity contribution in [3.05, 3.63) is 29.3 Å². The van der Waals surface area contributed by atoms with E-state index in [-0.39, 0.29) is 0 Å². The Morgan fingerprint density at radius 3 is 2.90 bits per heavy atom. The average Bonchev–Trinajstić information content (AvgIpc) is 3.20. The molecule has 2 bridgehead atoms. The van der Waals surface area contributed by atoms with E-state index in [2.05, 4.69) is 36.5 Å². The van der Waals surface area contributed by atoms with Crippen molar-refractivity contribution >= 4 is 21.6 Å². The number of benzene rings is 1. The number of hydrogen-bond donors (Lipinski definition) is 1. The van der Waals surface area contributed by atoms with Crippen LogP contribution in [0.4, 0.5) is 0 Å². The fraction of sp³-hybridized carbons (Fsp3) is 0.611. The maximum absolute atomic E-state index is 4.85. The molecule has 0 aliphatic heterocycles. The van der Waals surface area contributed by atoms with Gasteiger partial charge in [-0.25, -0.2) is 4.98 Å². The highest BCUT2D eigenvalue weighted by molar-refractivity contribution is 7.18. The number of hydrogen-bond acceptors (Lipinski definition) is 3. The molecule has 1 heterocycles. The van der Waals surface area contributed by atoms with Gasteiger partial charge in [0, 0.05) is 12.5 Å². The van der Waals surface area contributed by atoms with Gasteiger partial charge < -0.3 is 5.32 Å². The summed E-state index contributed by atoms with van der Waals surface area (Å²) in [4.78, 5) is 4.85. The third-order valence-corrected chi connectivity index (χ3v) is 6.57. The first-order valence-electron chi connectivity index (χ1n) is 8.41. The average molecular weight is 300 g/mol. The fourth-order valence-corrected chi connectivity index (χ4v) is 5.64. The summed E-state index contributed by atoms with van der Waals surface area (Å²) in [6, 6.07) is 9.16. The molecule has 2 aromatic rings. The summed E-state index contributed by atoms with van der Waals surface area (Å²) in [5.74, 6) is 2.89. The van der Waals surface area contributed by atoms with Gasteiger partial charge in [-0.05, 0) is 55.7 Å². The topological polar surface area (TPSA) is 24.9 Å². The molecule has 0 spiro atoms. The normalized spacial score (nSPS) is 29.3. The van der Waals surface area contributed by atoms with Crippen LogP contribution in [0.5, 0.6) is 0 Å². The van der Waals surface area contributed by atoms with Crippen molar-refractivity contribution in [3.63, 3.8) is 0 Å². The van der Waals surface area contributed by atoms with E-state index in [1.807, 2.05) is 11.3 Å². The van der Waals surface area contributed by atoms with Crippen LogP contribution in [0.2, 0.25) is 0 Å². The Balaban J connectivity index is 1.54. The number of thiazole rings is 1. The maximum atomic E-state index is 4.85. The van der Waals surface area contributed by atoms with Gasteiger partial charge in [-0.2, -0.15) is 0 Å². The van der Waals surface area contributed by atoms with Crippen molar-refractivity contribution in [1.29, 1.82) is 0 Å². The van der Waals surface area contributed by atoms with E-state index in [9.17, 15) is 0 Å². The van der Waals surface area contributed by atoms with Crippen LogP contribution in [0.3, 0.4) is 0 Å². The first kappa shape index (κ1) is 13.7. The van der Waals surface area contributed by atoms with Gasteiger partial charge in [0.05, 0.1) is 15.2 Å². The third kappa shape index (κ3) is 2.62. The predicted octanol–water partition coefficient (Wildman–Crippen LogP) is 4.25. The molecule has 4 rings (SSSR count). The molecule has 4 atom stereocenters. The van der Waals surface area contributed by atoms with E-state index < -0.39 is 0 Å². The van der Waals surface area contributed by atoms with Crippen LogP contribution in [0.1, 0.15) is 37.6 Å². The van der Waals surface area contributed by atoms with Gasteiger partial charge in [-0.15, -0.1) is 11.3 Å². The summed E-state index contributed by atoms with van der Waals surface area (Å²) in [5.41, 5.74) is 1.17. The Bertz CT molecular complexity index is 587. The van der Waals surface area contributed by atoms with Crippen LogP contribution in [0.25, 0.3) is 10.2 Å². The molecule has 2 nitrogen and oxygen atoms in total. The number of nitrogens with zero attached hydrogens (tertiary/aromatic N) is 1. The molecule has 2 saturated carbocycles. The predicted molar refractivity (Wildman–Crippen MR) is 89.7 cm³/mol. The molecule has 0 saturated heterocycles. The van der Waals surface area contributed by atoms with Gasteiger partial charge in [0.25, 0.3) is 0 Å². The largest absolute Gasteiger partial charge is 0.314 e. The minimum atomic E-state index is 0.630. The first-order valence-corrected chi connectivity index (χ1v) is 9.23. The molecule has 1 N–H and O–H groups in total. The van der Waals surface area contributed by atoms with Crippen molar-refractivity contribution in [2.45, 2.75) is 45.1 Å². The Kier molecular flexibility index (Phi) is 3.72. The van der Waals surface area contributed by atoms with Crippen LogP contribution in [-0.4, -0.2) is 17.6 Å². The molecule has 1 aromatic heterocycles. The fourth-order valence-electron chi connectivity index (χ4n) is 4.62. The number of fused-ring (bicyclic) bond motifs is 3. The van der Waals surface area contributed by atoms with Crippen LogP contribution in [0, 0.1) is 17.8 Å². The summed E-state index contributed by atoms with van der Waals surface area (Å²) in [7, 11) is 0. The second kappa shape index (κ2) is 5.69. The van der Waals surface area contributed by atoms with Crippen molar-refractivity contribution in [2.75, 3.05) is 6.54 Å². The number of nitrogens with one attached hydrogen (secondary N) is 1. The summed E-state index contributed by atoms with van der Waals surface area (Å²) in [5, 5.41) is 5.08. The standard InChI is InChI=1S/C18H24N2S/c1-2-19-16(14-10-12-7-8-13(14)9-12)11-18-20-15-5-3-4-6-17(15)21-18/h3-6,12-14,16,19H,2,7-11H2,1H3. The van der Waals surface area contributed by atoms with Crippen LogP contribution in [0.15, 0.2) is 24.3 Å². The zero-order valence-corrected chi connectivity index (χ0v) is 13.5. The first-order chi connectivity index (χ1) is 10.3. The van der Waals surface area contributed by atoms with Gasteiger partial charge in [-0.1, -0.05) is 25.5 Å². The van der Waals surface area contributed by atoms with E-state index in [4.69, 9.17) is 4.98 Å². The quantitative estimate of drug-likeness (QED) is 0.892. The Hall–Kier alpha value is -0.930. The number of rotatable bonds is 5. The maximum Gasteiger partial charge on any atom is 0.0954 e. The van der Waals surface area contributed by atoms with Gasteiger partial charge in [0.15, 0.2) is 0 Å². The van der Waals surface area contributed by atoms with Crippen LogP contribution >= 0.6 is 11.3 Å². The molecule has 3 heteroatoms. The molecule has 21 heavy (non-hydrogen) atoms. The van der Waals surface area contributed by atoms with Crippen LogP contribution < -0.4 is 5.32 Å².